The molecule has 0 spiro atoms. The highest BCUT2D eigenvalue weighted by molar-refractivity contribution is 14.0. The molecule has 0 unspecified atom stereocenters. The van der Waals surface area contributed by atoms with Gasteiger partial charge in [0, 0.05) is 45.7 Å². The van der Waals surface area contributed by atoms with Crippen LogP contribution in [-0.4, -0.2) is 45.8 Å². The third-order valence-corrected chi connectivity index (χ3v) is 6.28. The van der Waals surface area contributed by atoms with Gasteiger partial charge in [-0.25, -0.2) is 13.4 Å². The summed E-state index contributed by atoms with van der Waals surface area (Å²) in [7, 11) is -1.47. The number of nitrogens with one attached hydrogen (secondary N) is 2. The van der Waals surface area contributed by atoms with E-state index in [2.05, 4.69) is 31.6 Å². The second-order valence-electron chi connectivity index (χ2n) is 7.37. The van der Waals surface area contributed by atoms with E-state index in [0.29, 0.717) is 23.9 Å². The summed E-state index contributed by atoms with van der Waals surface area (Å²) in [5.74, 6) is 1.72. The number of halogens is 1. The SMILES string of the molecule is CN=C(NCc1ccnc(N2CCCC2)c1)NCc1ccc(S(C)(=O)=O)c(C)c1.I. The summed E-state index contributed by atoms with van der Waals surface area (Å²) in [6.45, 7) is 5.17. The maximum atomic E-state index is 11.8. The normalized spacial score (nSPS) is 14.4. The summed E-state index contributed by atoms with van der Waals surface area (Å²) >= 11 is 0. The van der Waals surface area contributed by atoms with Gasteiger partial charge in [0.1, 0.15) is 5.82 Å². The van der Waals surface area contributed by atoms with Gasteiger partial charge in [0.25, 0.3) is 0 Å². The number of aryl methyl sites for hydroxylation is 1. The van der Waals surface area contributed by atoms with Crippen molar-refractivity contribution in [3.63, 3.8) is 0 Å². The predicted molar refractivity (Wildman–Crippen MR) is 132 cm³/mol. The first-order valence-corrected chi connectivity index (χ1v) is 11.7. The van der Waals surface area contributed by atoms with Crippen LogP contribution in [0, 0.1) is 6.92 Å². The molecule has 0 saturated carbocycles. The summed E-state index contributed by atoms with van der Waals surface area (Å²) in [6, 6.07) is 9.51. The Labute approximate surface area is 196 Å². The van der Waals surface area contributed by atoms with E-state index in [4.69, 9.17) is 0 Å². The summed E-state index contributed by atoms with van der Waals surface area (Å²) in [4.78, 5) is 11.4. The Kier molecular flexibility index (Phi) is 8.90. The standard InChI is InChI=1S/C21H29N5O2S.HI/c1-16-12-17(6-7-19(16)29(3,27)28)14-24-21(22-2)25-15-18-8-9-23-20(13-18)26-10-4-5-11-26;/h6-9,12-13H,4-5,10-11,14-15H2,1-3H3,(H2,22,24,25);1H. The second kappa shape index (κ2) is 10.9. The minimum atomic E-state index is -3.20. The smallest absolute Gasteiger partial charge is 0.191 e. The number of pyridine rings is 1. The molecule has 0 radical (unpaired) electrons. The number of hydrogen-bond donors (Lipinski definition) is 2. The maximum absolute atomic E-state index is 11.8. The lowest BCUT2D eigenvalue weighted by Crippen LogP contribution is -2.36. The zero-order valence-electron chi connectivity index (χ0n) is 17.7. The average Bonchev–Trinajstić information content (AvgIpc) is 3.22. The number of benzene rings is 1. The molecule has 2 aromatic rings. The van der Waals surface area contributed by atoms with Crippen molar-refractivity contribution >= 4 is 45.6 Å². The summed E-state index contributed by atoms with van der Waals surface area (Å²) in [5.41, 5.74) is 2.90. The Hall–Kier alpha value is -1.88. The average molecular weight is 543 g/mol. The lowest BCUT2D eigenvalue weighted by molar-refractivity contribution is 0.601. The number of aliphatic imine (C=N–C) groups is 1. The molecule has 0 aliphatic carbocycles. The van der Waals surface area contributed by atoms with Gasteiger partial charge in [0.2, 0.25) is 0 Å². The number of sulfone groups is 1. The van der Waals surface area contributed by atoms with Crippen molar-refractivity contribution in [1.82, 2.24) is 15.6 Å². The molecule has 1 aliphatic rings. The molecule has 1 saturated heterocycles. The monoisotopic (exact) mass is 543 g/mol. The molecule has 1 aliphatic heterocycles. The van der Waals surface area contributed by atoms with Crippen LogP contribution in [0.1, 0.15) is 29.5 Å². The lowest BCUT2D eigenvalue weighted by atomic mass is 10.1. The maximum Gasteiger partial charge on any atom is 0.191 e. The lowest BCUT2D eigenvalue weighted by Gasteiger charge is -2.17. The number of rotatable bonds is 6. The summed E-state index contributed by atoms with van der Waals surface area (Å²) in [5, 5.41) is 6.60. The van der Waals surface area contributed by atoms with Gasteiger partial charge in [-0.1, -0.05) is 12.1 Å². The zero-order valence-corrected chi connectivity index (χ0v) is 20.8. The zero-order chi connectivity index (χ0) is 20.9. The summed E-state index contributed by atoms with van der Waals surface area (Å²) < 4.78 is 23.5. The van der Waals surface area contributed by atoms with Crippen molar-refractivity contribution in [2.75, 3.05) is 31.3 Å². The molecule has 1 fully saturated rings. The van der Waals surface area contributed by atoms with E-state index in [1.54, 1.807) is 13.1 Å². The quantitative estimate of drug-likeness (QED) is 0.331. The molecule has 0 bridgehead atoms. The molecule has 9 heteroatoms. The van der Waals surface area contributed by atoms with Crippen LogP contribution < -0.4 is 15.5 Å². The molecule has 1 aromatic carbocycles. The number of nitrogens with zero attached hydrogens (tertiary/aromatic N) is 3. The highest BCUT2D eigenvalue weighted by Crippen LogP contribution is 2.18. The van der Waals surface area contributed by atoms with Gasteiger partial charge in [-0.3, -0.25) is 4.99 Å². The van der Waals surface area contributed by atoms with Gasteiger partial charge in [-0.15, -0.1) is 24.0 Å². The molecule has 3 rings (SSSR count). The molecule has 2 heterocycles. The van der Waals surface area contributed by atoms with Crippen molar-refractivity contribution < 1.29 is 8.42 Å². The molecular weight excluding hydrogens is 513 g/mol. The van der Waals surface area contributed by atoms with Gasteiger partial charge in [0.15, 0.2) is 15.8 Å². The van der Waals surface area contributed by atoms with Gasteiger partial charge in [0.05, 0.1) is 4.90 Å². The summed E-state index contributed by atoms with van der Waals surface area (Å²) in [6.07, 6.45) is 5.54. The van der Waals surface area contributed by atoms with Crippen LogP contribution >= 0.6 is 24.0 Å². The number of anilines is 1. The van der Waals surface area contributed by atoms with E-state index in [1.165, 1.54) is 19.1 Å². The fourth-order valence-electron chi connectivity index (χ4n) is 3.52. The molecule has 0 amide bonds. The Bertz CT molecular complexity index is 989. The minimum Gasteiger partial charge on any atom is -0.357 e. The van der Waals surface area contributed by atoms with E-state index in [-0.39, 0.29) is 24.0 Å². The van der Waals surface area contributed by atoms with Crippen molar-refractivity contribution in [3.8, 4) is 0 Å². The number of guanidine groups is 1. The van der Waals surface area contributed by atoms with Gasteiger partial charge in [-0.2, -0.15) is 0 Å². The van der Waals surface area contributed by atoms with Crippen molar-refractivity contribution in [2.24, 2.45) is 4.99 Å². The number of hydrogen-bond acceptors (Lipinski definition) is 5. The first kappa shape index (κ1) is 24.4. The molecule has 7 nitrogen and oxygen atoms in total. The molecule has 2 N–H and O–H groups in total. The molecular formula is C21H30IN5O2S. The third-order valence-electron chi connectivity index (χ3n) is 5.02. The topological polar surface area (TPSA) is 86.7 Å². The van der Waals surface area contributed by atoms with E-state index >= 15 is 0 Å². The Morgan fingerprint density at radius 3 is 2.30 bits per heavy atom. The van der Waals surface area contributed by atoms with E-state index in [9.17, 15) is 8.42 Å². The predicted octanol–water partition coefficient (Wildman–Crippen LogP) is 2.88. The van der Waals surface area contributed by atoms with Crippen LogP contribution in [0.25, 0.3) is 0 Å². The fourth-order valence-corrected chi connectivity index (χ4v) is 4.48. The van der Waals surface area contributed by atoms with Crippen LogP contribution in [0.2, 0.25) is 0 Å². The molecule has 164 valence electrons. The van der Waals surface area contributed by atoms with Crippen molar-refractivity contribution in [1.29, 1.82) is 0 Å². The minimum absolute atomic E-state index is 0. The first-order chi connectivity index (χ1) is 13.9. The van der Waals surface area contributed by atoms with Gasteiger partial charge < -0.3 is 15.5 Å². The number of aromatic nitrogens is 1. The van der Waals surface area contributed by atoms with Crippen molar-refractivity contribution in [3.05, 3.63) is 53.2 Å². The fraction of sp³-hybridized carbons (Fsp3) is 0.429. The Morgan fingerprint density at radius 1 is 1.10 bits per heavy atom. The Morgan fingerprint density at radius 2 is 1.73 bits per heavy atom. The van der Waals surface area contributed by atoms with Crippen LogP contribution in [0.5, 0.6) is 0 Å². The molecule has 30 heavy (non-hydrogen) atoms. The van der Waals surface area contributed by atoms with Gasteiger partial charge >= 0.3 is 0 Å². The van der Waals surface area contributed by atoms with E-state index in [0.717, 1.165) is 35.6 Å². The van der Waals surface area contributed by atoms with E-state index < -0.39 is 9.84 Å². The van der Waals surface area contributed by atoms with Crippen LogP contribution in [0.3, 0.4) is 0 Å². The highest BCUT2D eigenvalue weighted by Gasteiger charge is 2.14. The second-order valence-corrected chi connectivity index (χ2v) is 9.35. The van der Waals surface area contributed by atoms with Crippen LogP contribution in [-0.2, 0) is 22.9 Å². The van der Waals surface area contributed by atoms with Crippen LogP contribution in [0.15, 0.2) is 46.4 Å². The Balaban J connectivity index is 0.00000320. The van der Waals surface area contributed by atoms with Crippen LogP contribution in [0.4, 0.5) is 5.82 Å². The van der Waals surface area contributed by atoms with Crippen molar-refractivity contribution in [2.45, 2.75) is 37.8 Å². The van der Waals surface area contributed by atoms with Gasteiger partial charge in [-0.05, 0) is 54.7 Å². The molecule has 0 atom stereocenters. The molecule has 1 aromatic heterocycles. The first-order valence-electron chi connectivity index (χ1n) is 9.81. The van der Waals surface area contributed by atoms with E-state index in [1.807, 2.05) is 31.3 Å². The third kappa shape index (κ3) is 6.56. The largest absolute Gasteiger partial charge is 0.357 e. The highest BCUT2D eigenvalue weighted by atomic mass is 127.